The molecule has 2 aromatic carbocycles. The first-order valence-corrected chi connectivity index (χ1v) is 14.1. The second-order valence-corrected chi connectivity index (χ2v) is 11.1. The van der Waals surface area contributed by atoms with Crippen LogP contribution in [0.25, 0.3) is 0 Å². The molecule has 1 unspecified atom stereocenters. The Balaban J connectivity index is 0.000000531. The summed E-state index contributed by atoms with van der Waals surface area (Å²) in [5, 5.41) is 15.1. The van der Waals surface area contributed by atoms with Crippen molar-refractivity contribution in [2.24, 2.45) is 4.99 Å². The van der Waals surface area contributed by atoms with E-state index in [4.69, 9.17) is 10.00 Å². The number of allylic oxidation sites excluding steroid dienone is 2. The van der Waals surface area contributed by atoms with Crippen molar-refractivity contribution >= 4 is 12.6 Å². The second kappa shape index (κ2) is 13.8. The van der Waals surface area contributed by atoms with Crippen LogP contribution in [0.4, 0.5) is 13.2 Å². The smallest absolute Gasteiger partial charge is 0.270 e. The molecule has 1 fully saturated rings. The van der Waals surface area contributed by atoms with E-state index in [9.17, 15) is 18.0 Å². The molecule has 2 N–H and O–H groups in total. The summed E-state index contributed by atoms with van der Waals surface area (Å²) < 4.78 is 48.8. The third-order valence-electron chi connectivity index (χ3n) is 7.47. The molecule has 0 radical (unpaired) electrons. The number of ether oxygens (including phenoxy) is 1. The van der Waals surface area contributed by atoms with Crippen LogP contribution in [-0.4, -0.2) is 31.3 Å². The number of aliphatic imine (C=N–C) groups is 1. The number of nitriles is 1. The molecule has 0 saturated carbocycles. The number of unbranched alkanes of at least 4 members (excludes halogenated alkanes) is 1. The highest BCUT2D eigenvalue weighted by Crippen LogP contribution is 2.41. The third-order valence-corrected chi connectivity index (χ3v) is 7.47. The van der Waals surface area contributed by atoms with Crippen molar-refractivity contribution in [1.82, 2.24) is 10.6 Å². The summed E-state index contributed by atoms with van der Waals surface area (Å²) in [6.07, 6.45) is 10.1. The van der Waals surface area contributed by atoms with E-state index in [0.29, 0.717) is 48.4 Å². The predicted molar refractivity (Wildman–Crippen MR) is 159 cm³/mol. The van der Waals surface area contributed by atoms with Gasteiger partial charge >= 0.3 is 0 Å². The van der Waals surface area contributed by atoms with Crippen LogP contribution in [0, 0.1) is 17.1 Å². The minimum atomic E-state index is -3.30. The fourth-order valence-corrected chi connectivity index (χ4v) is 4.87. The lowest BCUT2D eigenvalue weighted by atomic mass is 9.79. The monoisotopic (exact) mass is 580 g/mol. The molecule has 42 heavy (non-hydrogen) atoms. The van der Waals surface area contributed by atoms with E-state index in [1.807, 2.05) is 20.0 Å². The van der Waals surface area contributed by atoms with E-state index in [1.165, 1.54) is 25.3 Å². The molecule has 0 aliphatic carbocycles. The minimum Gasteiger partial charge on any atom is -0.486 e. The lowest BCUT2D eigenvalue weighted by Crippen LogP contribution is -2.47. The van der Waals surface area contributed by atoms with E-state index < -0.39 is 28.4 Å². The maximum absolute atomic E-state index is 14.6. The lowest BCUT2D eigenvalue weighted by Gasteiger charge is -2.41. The molecule has 3 heterocycles. The molecule has 0 aromatic heterocycles. The number of hydrogen-bond acceptors (Lipinski definition) is 5. The number of benzene rings is 2. The summed E-state index contributed by atoms with van der Waals surface area (Å²) in [5.74, 6) is -3.45. The Bertz CT molecular complexity index is 1370. The summed E-state index contributed by atoms with van der Waals surface area (Å²) in [4.78, 5) is 16.4. The first kappa shape index (κ1) is 32.6. The number of hydrogen-bond donors (Lipinski definition) is 2. The van der Waals surface area contributed by atoms with Gasteiger partial charge in [-0.15, -0.1) is 0 Å². The van der Waals surface area contributed by atoms with Crippen molar-refractivity contribution in [2.45, 2.75) is 82.9 Å². The standard InChI is InChI=1S/C26H22F3N3O2.C7H17N/c1-24-13-22(34-24)7-8-23(31-15-24)26(32-16-33,12-17-3-5-18(14-30)6-4-17)20-9-19(25(2,28)29)10-21(27)11-20;1-4-5-6-7(2)8-3/h3-11,15-16H,12-13H2,1-2H3,(H,32,33);7-8H,4-6H2,1-3H3/b22-7+,23-8-,31-15?;/t24-,26+;/m1./s1. The molecular weight excluding hydrogens is 541 g/mol. The third kappa shape index (κ3) is 8.10. The fourth-order valence-electron chi connectivity index (χ4n) is 4.87. The maximum Gasteiger partial charge on any atom is 0.270 e. The number of amides is 1. The molecule has 1 amide bonds. The van der Waals surface area contributed by atoms with E-state index in [-0.39, 0.29) is 12.0 Å². The van der Waals surface area contributed by atoms with Gasteiger partial charge < -0.3 is 15.4 Å². The summed E-state index contributed by atoms with van der Waals surface area (Å²) in [5.41, 5.74) is -1.07. The molecule has 2 aromatic rings. The number of halogens is 3. The largest absolute Gasteiger partial charge is 0.486 e. The van der Waals surface area contributed by atoms with Gasteiger partial charge in [-0.25, -0.2) is 13.2 Å². The van der Waals surface area contributed by atoms with Gasteiger partial charge in [0, 0.05) is 37.6 Å². The van der Waals surface area contributed by atoms with Crippen LogP contribution in [0.1, 0.15) is 75.6 Å². The molecule has 3 atom stereocenters. The molecule has 2 bridgehead atoms. The van der Waals surface area contributed by atoms with Crippen LogP contribution in [0.3, 0.4) is 0 Å². The van der Waals surface area contributed by atoms with Crippen LogP contribution in [0.5, 0.6) is 0 Å². The summed E-state index contributed by atoms with van der Waals surface area (Å²) in [6, 6.07) is 12.4. The predicted octanol–water partition coefficient (Wildman–Crippen LogP) is 6.81. The molecule has 224 valence electrons. The Kier molecular flexibility index (Phi) is 10.7. The van der Waals surface area contributed by atoms with Gasteiger partial charge in [-0.3, -0.25) is 9.79 Å². The van der Waals surface area contributed by atoms with Gasteiger partial charge in [0.1, 0.15) is 22.7 Å². The molecule has 9 heteroatoms. The molecular formula is C33H39F3N4O2. The highest BCUT2D eigenvalue weighted by molar-refractivity contribution is 5.73. The SMILES string of the molecule is CC(F)(F)c1cc(F)cc([C@](Cc2ccc(C#N)cc2)(NC=O)/C2=C/C=C3\C[C@](C)(C=N2)O3)c1.CCCCC(C)NC. The van der Waals surface area contributed by atoms with E-state index in [0.717, 1.165) is 12.1 Å². The fraction of sp³-hybridized carbons (Fsp3) is 0.424. The van der Waals surface area contributed by atoms with Gasteiger partial charge in [0.25, 0.3) is 5.92 Å². The average Bonchev–Trinajstić information content (AvgIpc) is 2.93. The number of carbonyl (C=O) groups excluding carboxylic acids is 1. The number of carbonyl (C=O) groups is 1. The van der Waals surface area contributed by atoms with Gasteiger partial charge in [0.2, 0.25) is 6.41 Å². The van der Waals surface area contributed by atoms with Crippen LogP contribution < -0.4 is 10.6 Å². The number of nitrogens with zero attached hydrogens (tertiary/aromatic N) is 2. The molecule has 5 rings (SSSR count). The highest BCUT2D eigenvalue weighted by Gasteiger charge is 2.42. The molecule has 3 aliphatic rings. The Hall–Kier alpha value is -3.90. The van der Waals surface area contributed by atoms with Crippen molar-refractivity contribution in [3.8, 4) is 6.07 Å². The van der Waals surface area contributed by atoms with Crippen molar-refractivity contribution in [2.75, 3.05) is 7.05 Å². The number of nitrogens with one attached hydrogen (secondary N) is 2. The first-order valence-electron chi connectivity index (χ1n) is 14.1. The molecule has 6 nitrogen and oxygen atoms in total. The Labute approximate surface area is 246 Å². The van der Waals surface area contributed by atoms with Crippen LogP contribution in [0.2, 0.25) is 0 Å². The van der Waals surface area contributed by atoms with Gasteiger partial charge in [-0.1, -0.05) is 31.9 Å². The van der Waals surface area contributed by atoms with Crippen LogP contribution >= 0.6 is 0 Å². The summed E-state index contributed by atoms with van der Waals surface area (Å²) >= 11 is 0. The second-order valence-electron chi connectivity index (χ2n) is 11.1. The van der Waals surface area contributed by atoms with E-state index in [2.05, 4.69) is 29.5 Å². The number of rotatable bonds is 11. The Morgan fingerprint density at radius 3 is 2.43 bits per heavy atom. The topological polar surface area (TPSA) is 86.5 Å². The van der Waals surface area contributed by atoms with Gasteiger partial charge in [0.15, 0.2) is 0 Å². The summed E-state index contributed by atoms with van der Waals surface area (Å²) in [7, 11) is 2.01. The van der Waals surface area contributed by atoms with Gasteiger partial charge in [-0.05, 0) is 80.9 Å². The minimum absolute atomic E-state index is 0.0690. The lowest BCUT2D eigenvalue weighted by molar-refractivity contribution is -0.111. The molecule has 0 spiro atoms. The zero-order valence-electron chi connectivity index (χ0n) is 24.8. The average molecular weight is 581 g/mol. The zero-order chi connectivity index (χ0) is 31.0. The van der Waals surface area contributed by atoms with Crippen molar-refractivity contribution in [3.05, 3.63) is 94.1 Å². The Morgan fingerprint density at radius 1 is 1.19 bits per heavy atom. The van der Waals surface area contributed by atoms with Gasteiger partial charge in [-0.2, -0.15) is 5.26 Å². The zero-order valence-corrected chi connectivity index (χ0v) is 24.8. The van der Waals surface area contributed by atoms with Crippen molar-refractivity contribution in [3.63, 3.8) is 0 Å². The number of fused-ring (bicyclic) bond motifs is 2. The van der Waals surface area contributed by atoms with Crippen molar-refractivity contribution in [1.29, 1.82) is 5.26 Å². The highest BCUT2D eigenvalue weighted by atomic mass is 19.3. The van der Waals surface area contributed by atoms with Crippen molar-refractivity contribution < 1.29 is 22.7 Å². The maximum atomic E-state index is 14.6. The number of alkyl halides is 2. The van der Waals surface area contributed by atoms with E-state index >= 15 is 0 Å². The quantitative estimate of drug-likeness (QED) is 0.286. The normalized spacial score (nSPS) is 22.0. The molecule has 3 aliphatic heterocycles. The van der Waals surface area contributed by atoms with Crippen LogP contribution in [-0.2, 0) is 27.4 Å². The molecule has 1 saturated heterocycles. The Morgan fingerprint density at radius 2 is 1.86 bits per heavy atom. The van der Waals surface area contributed by atoms with Gasteiger partial charge in [0.05, 0.1) is 17.3 Å². The summed E-state index contributed by atoms with van der Waals surface area (Å²) in [6.45, 7) is 6.98. The first-order chi connectivity index (χ1) is 19.9. The van der Waals surface area contributed by atoms with Crippen LogP contribution in [0.15, 0.2) is 71.1 Å². The van der Waals surface area contributed by atoms with E-state index in [1.54, 1.807) is 42.6 Å².